The van der Waals surface area contributed by atoms with Crippen molar-refractivity contribution in [3.63, 3.8) is 0 Å². The molecule has 0 aromatic carbocycles. The fourth-order valence-electron chi connectivity index (χ4n) is 7.12. The molecule has 0 aliphatic heterocycles. The number of rotatable bonds is 33. The van der Waals surface area contributed by atoms with Gasteiger partial charge in [0.1, 0.15) is 6.10 Å². The molecule has 0 aromatic heterocycles. The Bertz CT molecular complexity index is 781. The largest absolute Gasteiger partial charge is 0.396 e. The quantitative estimate of drug-likeness (QED) is 0.0276. The Morgan fingerprint density at radius 1 is 0.653 bits per heavy atom. The van der Waals surface area contributed by atoms with Crippen molar-refractivity contribution in [2.24, 2.45) is 5.92 Å². The van der Waals surface area contributed by atoms with Crippen LogP contribution < -0.4 is 10.6 Å². The summed E-state index contributed by atoms with van der Waals surface area (Å²) in [5.41, 5.74) is 0. The molecular weight excluding hydrogens is 616 g/mol. The highest BCUT2D eigenvalue weighted by atomic mass is 16.4. The van der Waals surface area contributed by atoms with Crippen LogP contribution in [0.5, 0.6) is 0 Å². The van der Waals surface area contributed by atoms with Crippen molar-refractivity contribution in [3.8, 4) is 0 Å². The van der Waals surface area contributed by atoms with E-state index in [0.717, 1.165) is 32.1 Å². The molecule has 1 rings (SSSR count). The molecule has 0 radical (unpaired) electrons. The van der Waals surface area contributed by atoms with Gasteiger partial charge in [-0.15, -0.1) is 0 Å². The summed E-state index contributed by atoms with van der Waals surface area (Å²) in [6.45, 7) is 4.40. The molecule has 0 bridgehead atoms. The van der Waals surface area contributed by atoms with E-state index < -0.39 is 42.4 Å². The van der Waals surface area contributed by atoms with Crippen molar-refractivity contribution in [1.82, 2.24) is 10.6 Å². The Morgan fingerprint density at radius 3 is 1.57 bits per heavy atom. The van der Waals surface area contributed by atoms with Crippen molar-refractivity contribution in [2.45, 2.75) is 224 Å². The van der Waals surface area contributed by atoms with Crippen LogP contribution in [-0.2, 0) is 4.79 Å². The molecule has 8 heteroatoms. The topological polar surface area (TPSA) is 142 Å². The van der Waals surface area contributed by atoms with Gasteiger partial charge in [0.15, 0.2) is 0 Å². The molecule has 1 fully saturated rings. The number of carbonyl (C=O) groups excluding carboxylic acids is 1. The number of aliphatic hydroxyl groups excluding tert-OH is 5. The van der Waals surface area contributed by atoms with Crippen molar-refractivity contribution in [2.75, 3.05) is 13.2 Å². The second-order valence-corrected chi connectivity index (χ2v) is 15.1. The lowest BCUT2D eigenvalue weighted by Crippen LogP contribution is -2.61. The SMILES string of the molecule is CCCCCCCCCCCCC/C=C\[C@@H](O)[C@H](CN[C@@H]1C[C@H](CO)[C@@H](O)[C@H](O)[C@H]1O)NC(=O)CCCCCCCCCCCCCCC. The van der Waals surface area contributed by atoms with Gasteiger partial charge in [-0.05, 0) is 25.7 Å². The highest BCUT2D eigenvalue weighted by molar-refractivity contribution is 5.76. The molecule has 1 aliphatic rings. The van der Waals surface area contributed by atoms with Crippen LogP contribution in [0, 0.1) is 5.92 Å². The summed E-state index contributed by atoms with van der Waals surface area (Å²) >= 11 is 0. The highest BCUT2D eigenvalue weighted by Gasteiger charge is 2.42. The number of amides is 1. The Balaban J connectivity index is 2.43. The van der Waals surface area contributed by atoms with Gasteiger partial charge in [-0.25, -0.2) is 0 Å². The zero-order valence-corrected chi connectivity index (χ0v) is 31.8. The minimum Gasteiger partial charge on any atom is -0.396 e. The molecule has 290 valence electrons. The van der Waals surface area contributed by atoms with Gasteiger partial charge < -0.3 is 36.2 Å². The monoisotopic (exact) mass is 697 g/mol. The molecule has 0 aromatic rings. The third-order valence-corrected chi connectivity index (χ3v) is 10.6. The smallest absolute Gasteiger partial charge is 0.220 e. The number of unbranched alkanes of at least 4 members (excludes halogenated alkanes) is 23. The summed E-state index contributed by atoms with van der Waals surface area (Å²) in [5, 5.41) is 58.0. The lowest BCUT2D eigenvalue weighted by atomic mass is 9.79. The van der Waals surface area contributed by atoms with Gasteiger partial charge in [0.2, 0.25) is 5.91 Å². The zero-order chi connectivity index (χ0) is 36.0. The zero-order valence-electron chi connectivity index (χ0n) is 31.8. The fraction of sp³-hybridized carbons (Fsp3) is 0.927. The van der Waals surface area contributed by atoms with Gasteiger partial charge in [0.25, 0.3) is 0 Å². The molecule has 1 saturated carbocycles. The number of hydrogen-bond acceptors (Lipinski definition) is 7. The first-order chi connectivity index (χ1) is 23.8. The summed E-state index contributed by atoms with van der Waals surface area (Å²) in [6, 6.07) is -1.18. The Hall–Kier alpha value is -1.03. The van der Waals surface area contributed by atoms with E-state index in [1.54, 1.807) is 6.08 Å². The van der Waals surface area contributed by atoms with E-state index in [1.165, 1.54) is 128 Å². The van der Waals surface area contributed by atoms with Gasteiger partial charge in [-0.3, -0.25) is 4.79 Å². The van der Waals surface area contributed by atoms with E-state index in [-0.39, 0.29) is 25.5 Å². The molecule has 49 heavy (non-hydrogen) atoms. The van der Waals surface area contributed by atoms with Crippen molar-refractivity contribution < 1.29 is 30.3 Å². The molecular formula is C41H80N2O6. The second-order valence-electron chi connectivity index (χ2n) is 15.1. The highest BCUT2D eigenvalue weighted by Crippen LogP contribution is 2.26. The predicted molar refractivity (Wildman–Crippen MR) is 203 cm³/mol. The number of allylic oxidation sites excluding steroid dienone is 1. The number of nitrogens with one attached hydrogen (secondary N) is 2. The van der Waals surface area contributed by atoms with E-state index in [2.05, 4.69) is 24.5 Å². The van der Waals surface area contributed by atoms with Crippen LogP contribution in [0.1, 0.15) is 187 Å². The van der Waals surface area contributed by atoms with Crippen LogP contribution in [0.25, 0.3) is 0 Å². The molecule has 1 amide bonds. The van der Waals surface area contributed by atoms with Crippen LogP contribution >= 0.6 is 0 Å². The Labute approximate surface area is 301 Å². The molecule has 7 N–H and O–H groups in total. The maximum Gasteiger partial charge on any atom is 0.220 e. The standard InChI is InChI=1S/C41H80N2O6/c1-3-5-7-9-11-13-15-17-19-21-23-25-27-29-37(45)36(32-42-35-31-34(33-44)39(47)41(49)40(35)48)43-38(46)30-28-26-24-22-20-18-16-14-12-10-8-6-4-2/h27,29,34-37,39-42,44-45,47-49H,3-26,28,30-33H2,1-2H3,(H,43,46)/b29-27-/t34-,35-,36+,37-,39-,40+,41+/m1/s1. The number of aliphatic hydroxyl groups is 5. The van der Waals surface area contributed by atoms with Crippen LogP contribution in [0.3, 0.4) is 0 Å². The lowest BCUT2D eigenvalue weighted by molar-refractivity contribution is -0.131. The number of carbonyl (C=O) groups is 1. The van der Waals surface area contributed by atoms with Crippen molar-refractivity contribution in [3.05, 3.63) is 12.2 Å². The first-order valence-electron chi connectivity index (χ1n) is 20.9. The van der Waals surface area contributed by atoms with Gasteiger partial charge in [-0.2, -0.15) is 0 Å². The molecule has 1 aliphatic carbocycles. The third kappa shape index (κ3) is 23.2. The van der Waals surface area contributed by atoms with Crippen LogP contribution in [0.15, 0.2) is 12.2 Å². The summed E-state index contributed by atoms with van der Waals surface area (Å²) in [7, 11) is 0. The van der Waals surface area contributed by atoms with Crippen LogP contribution in [0.2, 0.25) is 0 Å². The summed E-state index contributed by atoms with van der Waals surface area (Å²) in [4.78, 5) is 12.9. The second kappa shape index (κ2) is 31.7. The minimum absolute atomic E-state index is 0.0967. The van der Waals surface area contributed by atoms with Crippen LogP contribution in [0.4, 0.5) is 0 Å². The fourth-order valence-corrected chi connectivity index (χ4v) is 7.12. The molecule has 0 heterocycles. The first-order valence-corrected chi connectivity index (χ1v) is 20.9. The third-order valence-electron chi connectivity index (χ3n) is 10.6. The minimum atomic E-state index is -1.37. The van der Waals surface area contributed by atoms with Gasteiger partial charge in [0.05, 0.1) is 24.4 Å². The maximum absolute atomic E-state index is 12.9. The summed E-state index contributed by atoms with van der Waals surface area (Å²) in [5.74, 6) is -0.657. The average Bonchev–Trinajstić information content (AvgIpc) is 3.10. The van der Waals surface area contributed by atoms with Gasteiger partial charge in [-0.1, -0.05) is 167 Å². The average molecular weight is 697 g/mol. The van der Waals surface area contributed by atoms with E-state index in [0.29, 0.717) is 6.42 Å². The van der Waals surface area contributed by atoms with Crippen molar-refractivity contribution in [1.29, 1.82) is 0 Å². The van der Waals surface area contributed by atoms with E-state index in [1.807, 2.05) is 6.08 Å². The molecule has 0 unspecified atom stereocenters. The van der Waals surface area contributed by atoms with E-state index in [9.17, 15) is 30.3 Å². The summed E-state index contributed by atoms with van der Waals surface area (Å²) < 4.78 is 0. The Morgan fingerprint density at radius 2 is 1.10 bits per heavy atom. The van der Waals surface area contributed by atoms with Crippen molar-refractivity contribution >= 4 is 5.91 Å². The van der Waals surface area contributed by atoms with E-state index in [4.69, 9.17) is 0 Å². The molecule has 0 saturated heterocycles. The first kappa shape index (κ1) is 46.0. The van der Waals surface area contributed by atoms with Gasteiger partial charge in [0, 0.05) is 31.5 Å². The maximum atomic E-state index is 12.9. The summed E-state index contributed by atoms with van der Waals surface area (Å²) in [6.07, 6.45) is 31.1. The predicted octanol–water partition coefficient (Wildman–Crippen LogP) is 7.62. The lowest BCUT2D eigenvalue weighted by Gasteiger charge is -2.41. The molecule has 0 spiro atoms. The van der Waals surface area contributed by atoms with E-state index >= 15 is 0 Å². The molecule has 7 atom stereocenters. The molecule has 8 nitrogen and oxygen atoms in total. The normalized spacial score (nSPS) is 22.5. The Kier molecular flexibility index (Phi) is 29.7. The van der Waals surface area contributed by atoms with Crippen LogP contribution in [-0.4, -0.2) is 81.1 Å². The number of hydrogen-bond donors (Lipinski definition) is 7. The van der Waals surface area contributed by atoms with Gasteiger partial charge >= 0.3 is 0 Å².